The Bertz CT molecular complexity index is 1030. The Kier molecular flexibility index (Phi) is 7.00. The second-order valence-corrected chi connectivity index (χ2v) is 8.44. The minimum atomic E-state index is -0.427. The first-order chi connectivity index (χ1) is 15.1. The third-order valence-electron chi connectivity index (χ3n) is 5.71. The van der Waals surface area contributed by atoms with Crippen LogP contribution in [0.15, 0.2) is 66.7 Å². The molecule has 0 radical (unpaired) electrons. The summed E-state index contributed by atoms with van der Waals surface area (Å²) in [5.41, 5.74) is 3.99. The molecule has 3 nitrogen and oxygen atoms in total. The van der Waals surface area contributed by atoms with E-state index in [1.807, 2.05) is 0 Å². The van der Waals surface area contributed by atoms with Gasteiger partial charge in [0, 0.05) is 29.2 Å². The van der Waals surface area contributed by atoms with Crippen molar-refractivity contribution in [3.05, 3.63) is 94.3 Å². The molecular weight excluding hydrogens is 411 g/mol. The van der Waals surface area contributed by atoms with Crippen molar-refractivity contribution in [2.75, 3.05) is 19.6 Å². The van der Waals surface area contributed by atoms with Crippen LogP contribution in [-0.4, -0.2) is 30.4 Å². The number of hydrogen-bond donors (Lipinski definition) is 1. The maximum Gasteiger partial charge on any atom is 0.251 e. The fourth-order valence-electron chi connectivity index (χ4n) is 3.95. The van der Waals surface area contributed by atoms with Crippen LogP contribution in [0.1, 0.15) is 34.3 Å². The fourth-order valence-corrected chi connectivity index (χ4v) is 4.08. The van der Waals surface area contributed by atoms with Gasteiger partial charge in [-0.2, -0.15) is 0 Å². The molecule has 1 N–H and O–H groups in total. The largest absolute Gasteiger partial charge is 0.352 e. The van der Waals surface area contributed by atoms with E-state index in [0.29, 0.717) is 22.7 Å². The Hall–Kier alpha value is -2.69. The minimum Gasteiger partial charge on any atom is -0.352 e. The van der Waals surface area contributed by atoms with Crippen molar-refractivity contribution in [1.82, 2.24) is 10.2 Å². The molecule has 31 heavy (non-hydrogen) atoms. The lowest BCUT2D eigenvalue weighted by Crippen LogP contribution is -2.25. The van der Waals surface area contributed by atoms with Gasteiger partial charge in [0.25, 0.3) is 5.91 Å². The lowest BCUT2D eigenvalue weighted by molar-refractivity contribution is 0.0953. The molecule has 1 aliphatic heterocycles. The van der Waals surface area contributed by atoms with E-state index in [1.54, 1.807) is 36.4 Å². The van der Waals surface area contributed by atoms with E-state index < -0.39 is 5.82 Å². The fraction of sp³-hybridized carbons (Fsp3) is 0.269. The highest BCUT2D eigenvalue weighted by molar-refractivity contribution is 6.30. The van der Waals surface area contributed by atoms with Crippen molar-refractivity contribution in [1.29, 1.82) is 0 Å². The number of nitrogens with zero attached hydrogens (tertiary/aromatic N) is 1. The van der Waals surface area contributed by atoms with Crippen molar-refractivity contribution in [2.45, 2.75) is 25.8 Å². The van der Waals surface area contributed by atoms with Gasteiger partial charge >= 0.3 is 0 Å². The molecule has 4 rings (SSSR count). The zero-order valence-corrected chi connectivity index (χ0v) is 18.2. The summed E-state index contributed by atoms with van der Waals surface area (Å²) in [6.07, 6.45) is 3.33. The van der Waals surface area contributed by atoms with Gasteiger partial charge in [-0.25, -0.2) is 4.39 Å². The zero-order chi connectivity index (χ0) is 21.6. The smallest absolute Gasteiger partial charge is 0.251 e. The number of carbonyl (C=O) groups is 1. The van der Waals surface area contributed by atoms with Crippen LogP contribution in [0.3, 0.4) is 0 Å². The molecule has 1 heterocycles. The third kappa shape index (κ3) is 5.72. The van der Waals surface area contributed by atoms with Crippen LogP contribution >= 0.6 is 11.6 Å². The standard InChI is InChI=1S/C26H26ClFN2O/c27-23-10-7-21(8-11-23)24-12-9-22(17-25(24)28)26(31)29-14-13-19-3-5-20(6-4-19)18-30-15-1-2-16-30/h3-12,17H,1-2,13-16,18H2,(H,29,31). The van der Waals surface area contributed by atoms with E-state index in [1.165, 1.54) is 43.1 Å². The Morgan fingerprint density at radius 1 is 0.935 bits per heavy atom. The molecule has 0 aliphatic carbocycles. The molecule has 3 aromatic rings. The summed E-state index contributed by atoms with van der Waals surface area (Å²) in [5, 5.41) is 3.48. The van der Waals surface area contributed by atoms with Crippen LogP contribution in [-0.2, 0) is 13.0 Å². The summed E-state index contributed by atoms with van der Waals surface area (Å²) < 4.78 is 14.6. The van der Waals surface area contributed by atoms with Crippen LogP contribution in [0.2, 0.25) is 5.02 Å². The molecular formula is C26H26ClFN2O. The molecule has 1 aliphatic rings. The van der Waals surface area contributed by atoms with Crippen molar-refractivity contribution >= 4 is 17.5 Å². The summed E-state index contributed by atoms with van der Waals surface area (Å²) in [6, 6.07) is 20.1. The molecule has 0 spiro atoms. The molecule has 0 saturated carbocycles. The second-order valence-electron chi connectivity index (χ2n) is 8.01. The number of rotatable bonds is 7. The van der Waals surface area contributed by atoms with Crippen LogP contribution < -0.4 is 5.32 Å². The average molecular weight is 437 g/mol. The van der Waals surface area contributed by atoms with Gasteiger partial charge in [0.15, 0.2) is 0 Å². The molecule has 5 heteroatoms. The number of halogens is 2. The Morgan fingerprint density at radius 2 is 1.61 bits per heavy atom. The highest BCUT2D eigenvalue weighted by Gasteiger charge is 2.12. The van der Waals surface area contributed by atoms with Crippen molar-refractivity contribution in [3.8, 4) is 11.1 Å². The molecule has 1 fully saturated rings. The normalized spacial score (nSPS) is 14.0. The van der Waals surface area contributed by atoms with Gasteiger partial charge in [0.2, 0.25) is 0 Å². The van der Waals surface area contributed by atoms with Gasteiger partial charge < -0.3 is 5.32 Å². The first-order valence-electron chi connectivity index (χ1n) is 10.7. The highest BCUT2D eigenvalue weighted by atomic mass is 35.5. The summed E-state index contributed by atoms with van der Waals surface area (Å²) in [5.74, 6) is -0.698. The van der Waals surface area contributed by atoms with Gasteiger partial charge in [0.05, 0.1) is 0 Å². The van der Waals surface area contributed by atoms with Crippen LogP contribution in [0.25, 0.3) is 11.1 Å². The number of amides is 1. The second kappa shape index (κ2) is 10.1. The lowest BCUT2D eigenvalue weighted by atomic mass is 10.0. The van der Waals surface area contributed by atoms with E-state index in [2.05, 4.69) is 34.5 Å². The van der Waals surface area contributed by atoms with E-state index >= 15 is 0 Å². The number of likely N-dealkylation sites (tertiary alicyclic amines) is 1. The average Bonchev–Trinajstić information content (AvgIpc) is 3.29. The quantitative estimate of drug-likeness (QED) is 0.514. The van der Waals surface area contributed by atoms with Crippen molar-refractivity contribution in [3.63, 3.8) is 0 Å². The number of benzene rings is 3. The summed E-state index contributed by atoms with van der Waals surface area (Å²) in [7, 11) is 0. The SMILES string of the molecule is O=C(NCCc1ccc(CN2CCCC2)cc1)c1ccc(-c2ccc(Cl)cc2)c(F)c1. The molecule has 0 aromatic heterocycles. The molecule has 1 amide bonds. The monoisotopic (exact) mass is 436 g/mol. The summed E-state index contributed by atoms with van der Waals surface area (Å²) in [6.45, 7) is 3.89. The minimum absolute atomic E-state index is 0.271. The van der Waals surface area contributed by atoms with Crippen LogP contribution in [0.5, 0.6) is 0 Å². The Balaban J connectivity index is 1.29. The maximum atomic E-state index is 14.6. The van der Waals surface area contributed by atoms with Gasteiger partial charge in [-0.3, -0.25) is 9.69 Å². The predicted molar refractivity (Wildman–Crippen MR) is 124 cm³/mol. The van der Waals surface area contributed by atoms with Crippen LogP contribution in [0, 0.1) is 5.82 Å². The van der Waals surface area contributed by atoms with E-state index in [0.717, 1.165) is 18.5 Å². The molecule has 160 valence electrons. The zero-order valence-electron chi connectivity index (χ0n) is 17.4. The highest BCUT2D eigenvalue weighted by Crippen LogP contribution is 2.25. The first-order valence-corrected chi connectivity index (χ1v) is 11.1. The van der Waals surface area contributed by atoms with E-state index in [-0.39, 0.29) is 5.91 Å². The van der Waals surface area contributed by atoms with Crippen molar-refractivity contribution in [2.24, 2.45) is 0 Å². The molecule has 1 saturated heterocycles. The summed E-state index contributed by atoms with van der Waals surface area (Å²) >= 11 is 5.89. The molecule has 0 unspecified atom stereocenters. The van der Waals surface area contributed by atoms with Gasteiger partial charge in [0.1, 0.15) is 5.82 Å². The Labute approximate surface area is 187 Å². The van der Waals surface area contributed by atoms with E-state index in [4.69, 9.17) is 11.6 Å². The first kappa shape index (κ1) is 21.5. The Morgan fingerprint density at radius 3 is 2.29 bits per heavy atom. The topological polar surface area (TPSA) is 32.3 Å². The molecule has 3 aromatic carbocycles. The lowest BCUT2D eigenvalue weighted by Gasteiger charge is -2.14. The number of hydrogen-bond acceptors (Lipinski definition) is 2. The maximum absolute atomic E-state index is 14.6. The van der Waals surface area contributed by atoms with Gasteiger partial charge in [-0.15, -0.1) is 0 Å². The van der Waals surface area contributed by atoms with Crippen molar-refractivity contribution < 1.29 is 9.18 Å². The predicted octanol–water partition coefficient (Wildman–Crippen LogP) is 5.71. The molecule has 0 atom stereocenters. The summed E-state index contributed by atoms with van der Waals surface area (Å²) in [4.78, 5) is 14.9. The van der Waals surface area contributed by atoms with E-state index in [9.17, 15) is 9.18 Å². The number of nitrogens with one attached hydrogen (secondary N) is 1. The van der Waals surface area contributed by atoms with Gasteiger partial charge in [-0.1, -0.05) is 54.1 Å². The van der Waals surface area contributed by atoms with Gasteiger partial charge in [-0.05, 0) is 73.3 Å². The number of carbonyl (C=O) groups excluding carboxylic acids is 1. The van der Waals surface area contributed by atoms with Crippen LogP contribution in [0.4, 0.5) is 4.39 Å². The molecule has 0 bridgehead atoms. The third-order valence-corrected chi connectivity index (χ3v) is 5.97.